The molecule has 1 N–H and O–H groups in total. The zero-order valence-corrected chi connectivity index (χ0v) is 13.4. The van der Waals surface area contributed by atoms with E-state index in [0.717, 1.165) is 29.2 Å². The SMILES string of the molecule is CCCCCc1nnc(NC(=O)C2Cc3ccccc3O2)s1. The Morgan fingerprint density at radius 2 is 2.23 bits per heavy atom. The summed E-state index contributed by atoms with van der Waals surface area (Å²) in [5, 5.41) is 12.5. The van der Waals surface area contributed by atoms with Crippen molar-refractivity contribution in [3.8, 4) is 5.75 Å². The van der Waals surface area contributed by atoms with Gasteiger partial charge in [0.1, 0.15) is 10.8 Å². The van der Waals surface area contributed by atoms with Crippen LogP contribution in [0.3, 0.4) is 0 Å². The molecule has 1 amide bonds. The number of aromatic nitrogens is 2. The van der Waals surface area contributed by atoms with E-state index in [-0.39, 0.29) is 5.91 Å². The van der Waals surface area contributed by atoms with Crippen LogP contribution >= 0.6 is 11.3 Å². The number of nitrogens with zero attached hydrogens (tertiary/aromatic N) is 2. The van der Waals surface area contributed by atoms with E-state index in [9.17, 15) is 4.79 Å². The van der Waals surface area contributed by atoms with Gasteiger partial charge in [0.25, 0.3) is 5.91 Å². The summed E-state index contributed by atoms with van der Waals surface area (Å²) in [6, 6.07) is 7.74. The van der Waals surface area contributed by atoms with Crippen LogP contribution in [0.1, 0.15) is 36.8 Å². The largest absolute Gasteiger partial charge is 0.480 e. The molecule has 0 fully saturated rings. The fourth-order valence-electron chi connectivity index (χ4n) is 2.45. The van der Waals surface area contributed by atoms with Crippen LogP contribution in [0.2, 0.25) is 0 Å². The maximum Gasteiger partial charge on any atom is 0.267 e. The van der Waals surface area contributed by atoms with Gasteiger partial charge >= 0.3 is 0 Å². The molecule has 116 valence electrons. The molecule has 0 saturated heterocycles. The average Bonchev–Trinajstić information content (AvgIpc) is 3.14. The molecule has 0 spiro atoms. The van der Waals surface area contributed by atoms with Crippen LogP contribution in [0.15, 0.2) is 24.3 Å². The van der Waals surface area contributed by atoms with E-state index in [1.165, 1.54) is 24.2 Å². The van der Waals surface area contributed by atoms with Crippen molar-refractivity contribution in [2.45, 2.75) is 45.1 Å². The molecule has 0 bridgehead atoms. The van der Waals surface area contributed by atoms with Crippen LogP contribution in [0.4, 0.5) is 5.13 Å². The summed E-state index contributed by atoms with van der Waals surface area (Å²) < 4.78 is 5.67. The molecule has 2 aromatic rings. The topological polar surface area (TPSA) is 64.1 Å². The van der Waals surface area contributed by atoms with Crippen LogP contribution in [0, 0.1) is 0 Å². The number of amides is 1. The standard InChI is InChI=1S/C16H19N3O2S/c1-2-3-4-9-14-18-19-16(22-14)17-15(20)13-10-11-7-5-6-8-12(11)21-13/h5-8,13H,2-4,9-10H2,1H3,(H,17,19,20). The van der Waals surface area contributed by atoms with Gasteiger partial charge in [0.2, 0.25) is 5.13 Å². The molecule has 1 aliphatic rings. The molecule has 1 unspecified atom stereocenters. The van der Waals surface area contributed by atoms with E-state index in [1.807, 2.05) is 24.3 Å². The monoisotopic (exact) mass is 317 g/mol. The van der Waals surface area contributed by atoms with Crippen LogP contribution in [0.25, 0.3) is 0 Å². The third-order valence-electron chi connectivity index (χ3n) is 3.63. The number of ether oxygens (including phenoxy) is 1. The summed E-state index contributed by atoms with van der Waals surface area (Å²) in [6.45, 7) is 2.17. The first-order valence-electron chi connectivity index (χ1n) is 7.64. The Morgan fingerprint density at radius 3 is 3.05 bits per heavy atom. The summed E-state index contributed by atoms with van der Waals surface area (Å²) in [5.74, 6) is 0.632. The van der Waals surface area contributed by atoms with Gasteiger partial charge in [-0.3, -0.25) is 10.1 Å². The Kier molecular flexibility index (Phi) is 4.68. The number of hydrogen-bond donors (Lipinski definition) is 1. The number of anilines is 1. The van der Waals surface area contributed by atoms with E-state index >= 15 is 0 Å². The number of para-hydroxylation sites is 1. The lowest BCUT2D eigenvalue weighted by Gasteiger charge is -2.08. The summed E-state index contributed by atoms with van der Waals surface area (Å²) in [6.07, 6.45) is 4.53. The van der Waals surface area contributed by atoms with E-state index in [1.54, 1.807) is 0 Å². The first-order chi connectivity index (χ1) is 10.8. The molecule has 5 nitrogen and oxygen atoms in total. The van der Waals surface area contributed by atoms with Crippen molar-refractivity contribution in [2.24, 2.45) is 0 Å². The minimum atomic E-state index is -0.482. The number of hydrogen-bond acceptors (Lipinski definition) is 5. The number of benzene rings is 1. The molecule has 2 heterocycles. The van der Waals surface area contributed by atoms with E-state index in [0.29, 0.717) is 11.6 Å². The molecule has 0 saturated carbocycles. The van der Waals surface area contributed by atoms with Gasteiger partial charge in [0, 0.05) is 12.8 Å². The highest BCUT2D eigenvalue weighted by Gasteiger charge is 2.29. The number of nitrogens with one attached hydrogen (secondary N) is 1. The Labute approximate surface area is 133 Å². The van der Waals surface area contributed by atoms with Crippen LogP contribution in [-0.2, 0) is 17.6 Å². The fourth-order valence-corrected chi connectivity index (χ4v) is 3.23. The van der Waals surface area contributed by atoms with Crippen LogP contribution in [0.5, 0.6) is 5.75 Å². The lowest BCUT2D eigenvalue weighted by atomic mass is 10.1. The second kappa shape index (κ2) is 6.87. The second-order valence-corrected chi connectivity index (χ2v) is 6.43. The van der Waals surface area contributed by atoms with Gasteiger partial charge < -0.3 is 4.74 Å². The molecule has 1 aliphatic heterocycles. The lowest BCUT2D eigenvalue weighted by molar-refractivity contribution is -0.122. The highest BCUT2D eigenvalue weighted by molar-refractivity contribution is 7.15. The Bertz CT molecular complexity index is 631. The van der Waals surface area contributed by atoms with Gasteiger partial charge in [-0.25, -0.2) is 0 Å². The molecule has 0 radical (unpaired) electrons. The Morgan fingerprint density at radius 1 is 1.36 bits per heavy atom. The van der Waals surface area contributed by atoms with E-state index in [4.69, 9.17) is 4.74 Å². The van der Waals surface area contributed by atoms with Crippen molar-refractivity contribution in [2.75, 3.05) is 5.32 Å². The number of unbranched alkanes of at least 4 members (excludes halogenated alkanes) is 2. The average molecular weight is 317 g/mol. The maximum absolute atomic E-state index is 12.3. The first kappa shape index (κ1) is 15.0. The maximum atomic E-state index is 12.3. The zero-order valence-electron chi connectivity index (χ0n) is 12.5. The highest BCUT2D eigenvalue weighted by Crippen LogP contribution is 2.29. The third-order valence-corrected chi connectivity index (χ3v) is 4.53. The Hall–Kier alpha value is -1.95. The number of aryl methyl sites for hydroxylation is 1. The first-order valence-corrected chi connectivity index (χ1v) is 8.45. The highest BCUT2D eigenvalue weighted by atomic mass is 32.1. The normalized spacial score (nSPS) is 16.1. The number of carbonyl (C=O) groups excluding carboxylic acids is 1. The summed E-state index contributed by atoms with van der Waals surface area (Å²) in [7, 11) is 0. The van der Waals surface area contributed by atoms with Crippen molar-refractivity contribution in [1.29, 1.82) is 0 Å². The van der Waals surface area contributed by atoms with Gasteiger partial charge in [-0.1, -0.05) is 49.3 Å². The predicted molar refractivity (Wildman–Crippen MR) is 86.3 cm³/mol. The Balaban J connectivity index is 1.54. The minimum Gasteiger partial charge on any atom is -0.480 e. The van der Waals surface area contributed by atoms with Crippen molar-refractivity contribution in [1.82, 2.24) is 10.2 Å². The molecule has 1 aromatic carbocycles. The quantitative estimate of drug-likeness (QED) is 0.831. The molecule has 0 aliphatic carbocycles. The second-order valence-electron chi connectivity index (χ2n) is 5.37. The van der Waals surface area contributed by atoms with Gasteiger partial charge in [0.15, 0.2) is 6.10 Å². The molecular formula is C16H19N3O2S. The third kappa shape index (κ3) is 3.44. The smallest absolute Gasteiger partial charge is 0.267 e. The minimum absolute atomic E-state index is 0.160. The molecule has 3 rings (SSSR count). The molecule has 6 heteroatoms. The molecule has 1 aromatic heterocycles. The zero-order chi connectivity index (χ0) is 15.4. The molecule has 22 heavy (non-hydrogen) atoms. The molecular weight excluding hydrogens is 298 g/mol. The molecule has 1 atom stereocenters. The van der Waals surface area contributed by atoms with E-state index in [2.05, 4.69) is 22.4 Å². The van der Waals surface area contributed by atoms with Gasteiger partial charge in [0.05, 0.1) is 0 Å². The van der Waals surface area contributed by atoms with Gasteiger partial charge in [-0.2, -0.15) is 0 Å². The van der Waals surface area contributed by atoms with Crippen LogP contribution in [-0.4, -0.2) is 22.2 Å². The van der Waals surface area contributed by atoms with Crippen molar-refractivity contribution in [3.63, 3.8) is 0 Å². The predicted octanol–water partition coefficient (Wildman–Crippen LogP) is 3.21. The van der Waals surface area contributed by atoms with Crippen molar-refractivity contribution in [3.05, 3.63) is 34.8 Å². The summed E-state index contributed by atoms with van der Waals surface area (Å²) >= 11 is 1.44. The lowest BCUT2D eigenvalue weighted by Crippen LogP contribution is -2.31. The number of rotatable bonds is 6. The number of carbonyl (C=O) groups is 1. The van der Waals surface area contributed by atoms with Crippen molar-refractivity contribution >= 4 is 22.4 Å². The van der Waals surface area contributed by atoms with E-state index < -0.39 is 6.10 Å². The summed E-state index contributed by atoms with van der Waals surface area (Å²) in [5.41, 5.74) is 1.07. The van der Waals surface area contributed by atoms with Crippen molar-refractivity contribution < 1.29 is 9.53 Å². The van der Waals surface area contributed by atoms with Gasteiger partial charge in [-0.15, -0.1) is 10.2 Å². The fraction of sp³-hybridized carbons (Fsp3) is 0.438. The number of fused-ring (bicyclic) bond motifs is 1. The van der Waals surface area contributed by atoms with Gasteiger partial charge in [-0.05, 0) is 18.1 Å². The van der Waals surface area contributed by atoms with Crippen LogP contribution < -0.4 is 10.1 Å². The summed E-state index contributed by atoms with van der Waals surface area (Å²) in [4.78, 5) is 12.3.